The highest BCUT2D eigenvalue weighted by Crippen LogP contribution is 1.99. The molecule has 13 heavy (non-hydrogen) atoms. The van der Waals surface area contributed by atoms with E-state index in [0.29, 0.717) is 15.4 Å². The van der Waals surface area contributed by atoms with Crippen LogP contribution in [0.25, 0.3) is 0 Å². The molecule has 0 unspecified atom stereocenters. The lowest BCUT2D eigenvalue weighted by atomic mass is 9.75. The second kappa shape index (κ2) is 4.00. The van der Waals surface area contributed by atoms with Crippen LogP contribution in [0.2, 0.25) is 0 Å². The lowest BCUT2D eigenvalue weighted by Crippen LogP contribution is -2.44. The van der Waals surface area contributed by atoms with Crippen molar-refractivity contribution in [3.05, 3.63) is 29.8 Å². The minimum atomic E-state index is -0.269. The van der Waals surface area contributed by atoms with Crippen molar-refractivity contribution < 1.29 is 13.7 Å². The van der Waals surface area contributed by atoms with Gasteiger partial charge in [0, 0.05) is 0 Å². The summed E-state index contributed by atoms with van der Waals surface area (Å²) in [5, 5.41) is 0. The van der Waals surface area contributed by atoms with Gasteiger partial charge in [-0.1, -0.05) is 29.8 Å². The van der Waals surface area contributed by atoms with E-state index in [-0.39, 0.29) is 7.12 Å². The van der Waals surface area contributed by atoms with Crippen LogP contribution in [-0.4, -0.2) is 22.5 Å². The Bertz CT molecular complexity index is 271. The normalized spacial score (nSPS) is 16.2. The second-order valence-electron chi connectivity index (χ2n) is 3.02. The van der Waals surface area contributed by atoms with Crippen molar-refractivity contribution in [1.82, 2.24) is 0 Å². The number of hydrogen-bond donors (Lipinski definition) is 0. The van der Waals surface area contributed by atoms with Gasteiger partial charge in [-0.3, -0.25) is 0 Å². The Morgan fingerprint density at radius 3 is 2.31 bits per heavy atom. The van der Waals surface area contributed by atoms with Crippen LogP contribution in [0.4, 0.5) is 0 Å². The van der Waals surface area contributed by atoms with Gasteiger partial charge in [0.05, 0.1) is 0 Å². The third kappa shape index (κ3) is 2.15. The van der Waals surface area contributed by atoms with Crippen LogP contribution in [0.1, 0.15) is 5.56 Å². The highest BCUT2D eigenvalue weighted by atomic mass is 16.7. The lowest BCUT2D eigenvalue weighted by Gasteiger charge is -2.19. The maximum atomic E-state index is 5.26. The van der Waals surface area contributed by atoms with Crippen molar-refractivity contribution >= 4 is 28.0 Å². The zero-order valence-electron chi connectivity index (χ0n) is 7.53. The first kappa shape index (κ1) is 8.87. The Hall–Kier alpha value is -0.705. The van der Waals surface area contributed by atoms with E-state index < -0.39 is 0 Å². The van der Waals surface area contributed by atoms with Gasteiger partial charge in [-0.25, -0.2) is 0 Å². The van der Waals surface area contributed by atoms with Crippen molar-refractivity contribution in [3.63, 3.8) is 0 Å². The molecule has 2 rings (SSSR count). The molecule has 1 aromatic carbocycles. The number of hydrogen-bond acceptors (Lipinski definition) is 3. The highest BCUT2D eigenvalue weighted by Gasteiger charge is 2.25. The summed E-state index contributed by atoms with van der Waals surface area (Å²) in [5.41, 5.74) is 2.27. The molecule has 3 nitrogen and oxygen atoms in total. The van der Waals surface area contributed by atoms with Gasteiger partial charge in [0.15, 0.2) is 0 Å². The van der Waals surface area contributed by atoms with Gasteiger partial charge in [0.25, 0.3) is 0 Å². The molecule has 1 aliphatic heterocycles. The van der Waals surface area contributed by atoms with Crippen LogP contribution in [0.15, 0.2) is 24.3 Å². The zero-order valence-corrected chi connectivity index (χ0v) is 7.53. The number of benzene rings is 1. The van der Waals surface area contributed by atoms with E-state index in [1.807, 2.05) is 24.3 Å². The highest BCUT2D eigenvalue weighted by molar-refractivity contribution is 6.71. The molecule has 1 fully saturated rings. The Labute approximate surface area is 79.1 Å². The first-order valence-electron chi connectivity index (χ1n) is 4.24. The van der Waals surface area contributed by atoms with E-state index >= 15 is 0 Å². The molecule has 0 saturated carbocycles. The zero-order chi connectivity index (χ0) is 9.10. The number of rotatable bonds is 1. The predicted molar refractivity (Wildman–Crippen MR) is 54.1 cm³/mol. The topological polar surface area (TPSA) is 27.7 Å². The minimum absolute atomic E-state index is 0.269. The Morgan fingerprint density at radius 2 is 1.69 bits per heavy atom. The standard InChI is InChI=1S/C7H9B3O3/c1-6-2-4-7(5-3-6)10-12-8-11-9-13-10/h2-5,8-9H,1H3. The van der Waals surface area contributed by atoms with Crippen LogP contribution in [0, 0.1) is 6.92 Å². The fraction of sp³-hybridized carbons (Fsp3) is 0.143. The smallest absolute Gasteiger partial charge is 0.458 e. The van der Waals surface area contributed by atoms with Crippen LogP contribution in [0.5, 0.6) is 0 Å². The van der Waals surface area contributed by atoms with Gasteiger partial charge in [-0.2, -0.15) is 0 Å². The lowest BCUT2D eigenvalue weighted by molar-refractivity contribution is 0.334. The molecule has 1 aliphatic rings. The molecular formula is C7H9B3O3. The predicted octanol–water partition coefficient (Wildman–Crippen LogP) is -0.713. The average Bonchev–Trinajstić information content (AvgIpc) is 2.20. The van der Waals surface area contributed by atoms with Crippen molar-refractivity contribution in [2.24, 2.45) is 0 Å². The van der Waals surface area contributed by atoms with Gasteiger partial charge in [-0.05, 0) is 12.4 Å². The molecule has 0 bridgehead atoms. The fourth-order valence-electron chi connectivity index (χ4n) is 1.22. The summed E-state index contributed by atoms with van der Waals surface area (Å²) >= 11 is 0. The molecule has 0 aromatic heterocycles. The van der Waals surface area contributed by atoms with Gasteiger partial charge in [-0.15, -0.1) is 0 Å². The molecule has 0 atom stereocenters. The van der Waals surface area contributed by atoms with Crippen LogP contribution < -0.4 is 5.46 Å². The summed E-state index contributed by atoms with van der Waals surface area (Å²) in [6, 6.07) is 8.09. The van der Waals surface area contributed by atoms with Crippen LogP contribution >= 0.6 is 0 Å². The summed E-state index contributed by atoms with van der Waals surface area (Å²) in [6.07, 6.45) is 0. The summed E-state index contributed by atoms with van der Waals surface area (Å²) in [5.74, 6) is 0. The SMILES string of the molecule is Cc1ccc(B2OBOBO2)cc1. The minimum Gasteiger partial charge on any atom is -0.458 e. The van der Waals surface area contributed by atoms with Crippen LogP contribution in [0.3, 0.4) is 0 Å². The van der Waals surface area contributed by atoms with Crippen molar-refractivity contribution in [2.75, 3.05) is 0 Å². The summed E-state index contributed by atoms with van der Waals surface area (Å²) in [7, 11) is 0.339. The largest absolute Gasteiger partial charge is 0.466 e. The Balaban J connectivity index is 2.10. The van der Waals surface area contributed by atoms with E-state index in [0.717, 1.165) is 5.46 Å². The van der Waals surface area contributed by atoms with Gasteiger partial charge < -0.3 is 13.7 Å². The molecule has 0 spiro atoms. The molecule has 64 valence electrons. The molecule has 1 aromatic rings. The van der Waals surface area contributed by atoms with E-state index in [1.165, 1.54) is 5.56 Å². The monoisotopic (exact) mass is 174 g/mol. The van der Waals surface area contributed by atoms with Crippen molar-refractivity contribution in [3.8, 4) is 0 Å². The molecule has 0 aliphatic carbocycles. The van der Waals surface area contributed by atoms with E-state index in [1.54, 1.807) is 0 Å². The molecule has 0 amide bonds. The van der Waals surface area contributed by atoms with Gasteiger partial charge in [0.1, 0.15) is 0 Å². The maximum Gasteiger partial charge on any atom is 0.466 e. The third-order valence-corrected chi connectivity index (χ3v) is 1.96. The molecular weight excluding hydrogens is 165 g/mol. The average molecular weight is 174 g/mol. The van der Waals surface area contributed by atoms with Gasteiger partial charge >= 0.3 is 22.5 Å². The molecule has 0 radical (unpaired) electrons. The molecule has 1 saturated heterocycles. The molecule has 6 heteroatoms. The number of aryl methyl sites for hydroxylation is 1. The fourth-order valence-corrected chi connectivity index (χ4v) is 1.22. The Kier molecular flexibility index (Phi) is 2.73. The molecule has 0 N–H and O–H groups in total. The van der Waals surface area contributed by atoms with Crippen molar-refractivity contribution in [2.45, 2.75) is 6.92 Å². The summed E-state index contributed by atoms with van der Waals surface area (Å²) in [6.45, 7) is 2.05. The Morgan fingerprint density at radius 1 is 1.08 bits per heavy atom. The summed E-state index contributed by atoms with van der Waals surface area (Å²) < 4.78 is 15.4. The first-order chi connectivity index (χ1) is 6.36. The third-order valence-electron chi connectivity index (χ3n) is 1.96. The first-order valence-corrected chi connectivity index (χ1v) is 4.24. The molecule has 1 heterocycles. The summed E-state index contributed by atoms with van der Waals surface area (Å²) in [4.78, 5) is 0. The van der Waals surface area contributed by atoms with E-state index in [9.17, 15) is 0 Å². The quantitative estimate of drug-likeness (QED) is 0.525. The van der Waals surface area contributed by atoms with E-state index in [4.69, 9.17) is 13.7 Å². The van der Waals surface area contributed by atoms with E-state index in [2.05, 4.69) is 6.92 Å². The van der Waals surface area contributed by atoms with Crippen LogP contribution in [-0.2, 0) is 13.7 Å². The van der Waals surface area contributed by atoms with Gasteiger partial charge in [0.2, 0.25) is 0 Å². The maximum absolute atomic E-state index is 5.26. The second-order valence-corrected chi connectivity index (χ2v) is 3.02. The van der Waals surface area contributed by atoms with Crippen molar-refractivity contribution in [1.29, 1.82) is 0 Å².